The van der Waals surface area contributed by atoms with E-state index >= 15 is 0 Å². The van der Waals surface area contributed by atoms with Crippen LogP contribution in [0.1, 0.15) is 21.5 Å². The summed E-state index contributed by atoms with van der Waals surface area (Å²) in [5.41, 5.74) is 2.56. The van der Waals surface area contributed by atoms with E-state index in [2.05, 4.69) is 25.9 Å². The Labute approximate surface area is 221 Å². The molecule has 0 saturated carbocycles. The van der Waals surface area contributed by atoms with Crippen molar-refractivity contribution in [3.05, 3.63) is 70.1 Å². The highest BCUT2D eigenvalue weighted by Crippen LogP contribution is 2.30. The van der Waals surface area contributed by atoms with Crippen molar-refractivity contribution in [2.75, 3.05) is 37.3 Å². The molecule has 0 bridgehead atoms. The van der Waals surface area contributed by atoms with E-state index in [1.165, 1.54) is 31.4 Å². The van der Waals surface area contributed by atoms with Crippen LogP contribution in [-0.2, 0) is 12.8 Å². The van der Waals surface area contributed by atoms with Crippen LogP contribution < -0.4 is 16.0 Å². The fourth-order valence-electron chi connectivity index (χ4n) is 4.12. The minimum absolute atomic E-state index is 0.0687. The van der Waals surface area contributed by atoms with Crippen LogP contribution >= 0.6 is 11.6 Å². The number of aliphatic hydroxyl groups excluding tert-OH is 1. The summed E-state index contributed by atoms with van der Waals surface area (Å²) in [6, 6.07) is 9.61. The molecule has 2 heterocycles. The molecule has 0 saturated heterocycles. The van der Waals surface area contributed by atoms with Gasteiger partial charge in [-0.3, -0.25) is 9.69 Å². The lowest BCUT2D eigenvalue weighted by atomic mass is 10.0. The lowest BCUT2D eigenvalue weighted by Crippen LogP contribution is -2.41. The normalized spacial score (nSPS) is 14.8. The number of hydrogen-bond acceptors (Lipinski definition) is 7. The summed E-state index contributed by atoms with van der Waals surface area (Å²) < 4.78 is 52.8. The monoisotopic (exact) mass is 552 g/mol. The third kappa shape index (κ3) is 6.50. The zero-order chi connectivity index (χ0) is 27.4. The fourth-order valence-corrected chi connectivity index (χ4v) is 4.26. The van der Waals surface area contributed by atoms with Crippen LogP contribution in [0.4, 0.5) is 40.7 Å². The van der Waals surface area contributed by atoms with E-state index in [0.717, 1.165) is 11.1 Å². The topological polar surface area (TPSA) is 102 Å². The fraction of sp³-hybridized carbons (Fsp3) is 0.320. The zero-order valence-corrected chi connectivity index (χ0v) is 21.0. The number of alkyl halides is 3. The molecule has 2 aromatic carbocycles. The van der Waals surface area contributed by atoms with Crippen molar-refractivity contribution in [1.29, 1.82) is 0 Å². The molecule has 0 fully saturated rings. The smallest absolute Gasteiger partial charge is 0.382 e. The highest BCUT2D eigenvalue weighted by molar-refractivity contribution is 6.33. The summed E-state index contributed by atoms with van der Waals surface area (Å²) in [5, 5.41) is 17.8. The number of anilines is 4. The molecule has 202 valence electrons. The SMILES string of the molecule is CNC(=O)c1cccc(F)c1Nc1nc(Nc2ccc3c(c2)CCN(CC(O)C(F)(F)F)CC3)ncc1Cl. The van der Waals surface area contributed by atoms with Crippen LogP contribution in [0.15, 0.2) is 42.6 Å². The Hall–Kier alpha value is -3.48. The Morgan fingerprint density at radius 2 is 1.89 bits per heavy atom. The van der Waals surface area contributed by atoms with E-state index in [9.17, 15) is 27.5 Å². The quantitative estimate of drug-likeness (QED) is 0.321. The second-order valence-electron chi connectivity index (χ2n) is 8.72. The Morgan fingerprint density at radius 3 is 2.61 bits per heavy atom. The molecular formula is C25H25ClF4N6O2. The third-order valence-corrected chi connectivity index (χ3v) is 6.42. The van der Waals surface area contributed by atoms with E-state index in [1.807, 2.05) is 12.1 Å². The van der Waals surface area contributed by atoms with Crippen molar-refractivity contribution in [3.8, 4) is 0 Å². The number of carbonyl (C=O) groups excluding carboxylic acids is 1. The van der Waals surface area contributed by atoms with E-state index < -0.39 is 30.5 Å². The second-order valence-corrected chi connectivity index (χ2v) is 9.13. The van der Waals surface area contributed by atoms with Crippen LogP contribution in [0.2, 0.25) is 5.02 Å². The maximum atomic E-state index is 14.5. The molecule has 38 heavy (non-hydrogen) atoms. The van der Waals surface area contributed by atoms with Crippen LogP contribution in [0.5, 0.6) is 0 Å². The first kappa shape index (κ1) is 27.6. The first-order valence-electron chi connectivity index (χ1n) is 11.7. The van der Waals surface area contributed by atoms with Gasteiger partial charge in [-0.25, -0.2) is 9.37 Å². The van der Waals surface area contributed by atoms with Crippen LogP contribution in [-0.4, -0.2) is 64.8 Å². The molecule has 1 atom stereocenters. The van der Waals surface area contributed by atoms with Crippen molar-refractivity contribution in [3.63, 3.8) is 0 Å². The molecule has 4 N–H and O–H groups in total. The molecular weight excluding hydrogens is 528 g/mol. The van der Waals surface area contributed by atoms with Crippen LogP contribution in [0, 0.1) is 5.82 Å². The summed E-state index contributed by atoms with van der Waals surface area (Å²) in [4.78, 5) is 22.2. The van der Waals surface area contributed by atoms with Gasteiger partial charge in [0.05, 0.1) is 17.4 Å². The largest absolute Gasteiger partial charge is 0.415 e. The van der Waals surface area contributed by atoms with Gasteiger partial charge in [0.25, 0.3) is 5.91 Å². The lowest BCUT2D eigenvalue weighted by Gasteiger charge is -2.24. The Morgan fingerprint density at radius 1 is 1.16 bits per heavy atom. The van der Waals surface area contributed by atoms with Gasteiger partial charge in [0.15, 0.2) is 11.9 Å². The van der Waals surface area contributed by atoms with Gasteiger partial charge >= 0.3 is 6.18 Å². The van der Waals surface area contributed by atoms with Gasteiger partial charge in [0.1, 0.15) is 10.8 Å². The predicted molar refractivity (Wildman–Crippen MR) is 136 cm³/mol. The number of aliphatic hydroxyl groups is 1. The first-order chi connectivity index (χ1) is 18.0. The number of nitrogens with zero attached hydrogens (tertiary/aromatic N) is 3. The third-order valence-electron chi connectivity index (χ3n) is 6.14. The Balaban J connectivity index is 1.49. The number of carbonyl (C=O) groups is 1. The van der Waals surface area contributed by atoms with Crippen LogP contribution in [0.25, 0.3) is 0 Å². The maximum absolute atomic E-state index is 14.5. The van der Waals surface area contributed by atoms with E-state index in [0.29, 0.717) is 31.6 Å². The van der Waals surface area contributed by atoms with Gasteiger partial charge < -0.3 is 21.1 Å². The van der Waals surface area contributed by atoms with Gasteiger partial charge in [-0.1, -0.05) is 23.7 Å². The highest BCUT2D eigenvalue weighted by atomic mass is 35.5. The molecule has 13 heteroatoms. The number of hydrogen-bond donors (Lipinski definition) is 4. The second kappa shape index (κ2) is 11.5. The van der Waals surface area contributed by atoms with Gasteiger partial charge in [0.2, 0.25) is 5.95 Å². The molecule has 0 aliphatic carbocycles. The minimum Gasteiger partial charge on any atom is -0.382 e. The lowest BCUT2D eigenvalue weighted by molar-refractivity contribution is -0.208. The number of fused-ring (bicyclic) bond motifs is 1. The predicted octanol–water partition coefficient (Wildman–Crippen LogP) is 4.44. The molecule has 3 aromatic rings. The number of nitrogens with one attached hydrogen (secondary N) is 3. The Bertz CT molecular complexity index is 1320. The summed E-state index contributed by atoms with van der Waals surface area (Å²) in [6.07, 6.45) is -4.67. The molecule has 1 amide bonds. The number of rotatable bonds is 7. The van der Waals surface area contributed by atoms with Gasteiger partial charge in [0, 0.05) is 32.4 Å². The van der Waals surface area contributed by atoms with E-state index in [-0.39, 0.29) is 28.0 Å². The van der Waals surface area contributed by atoms with E-state index in [4.69, 9.17) is 11.6 Å². The van der Waals surface area contributed by atoms with Crippen molar-refractivity contribution >= 4 is 40.6 Å². The molecule has 1 aliphatic heterocycles. The average molecular weight is 553 g/mol. The number of para-hydroxylation sites is 1. The molecule has 4 rings (SSSR count). The minimum atomic E-state index is -4.65. The summed E-state index contributed by atoms with van der Waals surface area (Å²) in [7, 11) is 1.43. The van der Waals surface area contributed by atoms with Crippen molar-refractivity contribution in [2.24, 2.45) is 0 Å². The summed E-state index contributed by atoms with van der Waals surface area (Å²) in [6.45, 7) is 0.294. The van der Waals surface area contributed by atoms with Crippen LogP contribution in [0.3, 0.4) is 0 Å². The van der Waals surface area contributed by atoms with Crippen molar-refractivity contribution < 1.29 is 27.5 Å². The number of β-amino-alcohol motifs (C(OH)–C–C–N with tert-alkyl or cyclic N) is 1. The standard InChI is InChI=1S/C25H25ClF4N6O2/c1-31-23(38)17-3-2-4-19(27)21(17)34-22-18(26)12-32-24(35-22)33-16-6-5-14-7-9-36(10-8-15(14)11-16)13-20(37)25(28,29)30/h2-6,11-12,20,37H,7-10,13H2,1H3,(H,31,38)(H2,32,33,34,35). The van der Waals surface area contributed by atoms with Gasteiger partial charge in [-0.05, 0) is 48.2 Å². The first-order valence-corrected chi connectivity index (χ1v) is 12.1. The van der Waals surface area contributed by atoms with E-state index in [1.54, 1.807) is 11.0 Å². The molecule has 0 radical (unpaired) electrons. The summed E-state index contributed by atoms with van der Waals surface area (Å²) in [5.74, 6) is -0.934. The Kier molecular flexibility index (Phi) is 8.34. The number of aromatic nitrogens is 2. The summed E-state index contributed by atoms with van der Waals surface area (Å²) >= 11 is 6.23. The molecule has 1 aromatic heterocycles. The zero-order valence-electron chi connectivity index (χ0n) is 20.2. The molecule has 0 spiro atoms. The molecule has 8 nitrogen and oxygen atoms in total. The van der Waals surface area contributed by atoms with Crippen molar-refractivity contribution in [2.45, 2.75) is 25.1 Å². The number of benzene rings is 2. The molecule has 1 aliphatic rings. The molecule has 1 unspecified atom stereocenters. The number of amides is 1. The van der Waals surface area contributed by atoms with Gasteiger partial charge in [-0.2, -0.15) is 18.2 Å². The number of halogens is 5. The average Bonchev–Trinajstić information content (AvgIpc) is 3.08. The maximum Gasteiger partial charge on any atom is 0.415 e. The van der Waals surface area contributed by atoms with Crippen molar-refractivity contribution in [1.82, 2.24) is 20.2 Å². The van der Waals surface area contributed by atoms with Gasteiger partial charge in [-0.15, -0.1) is 0 Å². The highest BCUT2D eigenvalue weighted by Gasteiger charge is 2.39.